The summed E-state index contributed by atoms with van der Waals surface area (Å²) in [4.78, 5) is 19.1. The molecule has 0 amide bonds. The van der Waals surface area contributed by atoms with Gasteiger partial charge in [-0.15, -0.1) is 45.3 Å². The Balaban J connectivity index is 0.000000123. The molecule has 720 valence electrons. The van der Waals surface area contributed by atoms with Crippen LogP contribution in [0, 0.1) is 23.7 Å². The molecule has 28 nitrogen and oxygen atoms in total. The van der Waals surface area contributed by atoms with Crippen LogP contribution in [-0.4, -0.2) is 323 Å². The number of anilines is 4. The molecule has 20 rings (SSSR count). The van der Waals surface area contributed by atoms with Gasteiger partial charge >= 0.3 is 0 Å². The summed E-state index contributed by atoms with van der Waals surface area (Å²) in [6, 6.07) is 46.2. The number of hydrogen-bond acceptors (Lipinski definition) is 28. The first-order valence-corrected chi connectivity index (χ1v) is 56.0. The fourth-order valence-corrected chi connectivity index (χ4v) is 31.9. The Labute approximate surface area is 797 Å². The standard InChI is InChI=1S/4C24H33N3O4S2/c4*1-24(2,28)19-5-7-20(8-6-19)27-11-10-26(33(29,30)23-4-3-13-32-23)16-21(27)15-25-14-18-9-12-31-22(18)17-25/h4*3-8,13,18,21-22,28H,9-12,14-17H2,1-2H3/t2*18-,21+,22+;2*18-,21-,22+/m1100/s1. The van der Waals surface area contributed by atoms with Gasteiger partial charge in [0.2, 0.25) is 0 Å². The van der Waals surface area contributed by atoms with Crippen molar-refractivity contribution in [2.75, 3.05) is 203 Å². The van der Waals surface area contributed by atoms with Gasteiger partial charge in [0.1, 0.15) is 16.8 Å². The van der Waals surface area contributed by atoms with Crippen molar-refractivity contribution >= 4 is 108 Å². The second-order valence-corrected chi connectivity index (χ2v) is 52.1. The summed E-state index contributed by atoms with van der Waals surface area (Å²) in [5.74, 6) is 2.39. The molecule has 0 unspecified atom stereocenters. The number of nitrogens with zero attached hydrogens (tertiary/aromatic N) is 12. The molecule has 0 bridgehead atoms. The molecule has 36 heteroatoms. The fourth-order valence-electron chi connectivity index (χ4n) is 21.4. The second-order valence-electron chi connectivity index (χ2n) is 39.7. The minimum Gasteiger partial charge on any atom is -0.386 e. The number of likely N-dealkylation sites (tertiary alicyclic amines) is 4. The van der Waals surface area contributed by atoms with Crippen molar-refractivity contribution in [1.29, 1.82) is 0 Å². The Kier molecular flexibility index (Phi) is 29.9. The monoisotopic (exact) mass is 1960 g/mol. The van der Waals surface area contributed by atoms with E-state index in [2.05, 4.69) is 39.2 Å². The third kappa shape index (κ3) is 22.3. The van der Waals surface area contributed by atoms with E-state index in [0.29, 0.717) is 143 Å². The van der Waals surface area contributed by atoms with Crippen LogP contribution in [-0.2, 0) is 81.4 Å². The van der Waals surface area contributed by atoms with Gasteiger partial charge in [-0.05, 0) is 198 Å². The first-order valence-electron chi connectivity index (χ1n) is 46.8. The van der Waals surface area contributed by atoms with Gasteiger partial charge in [-0.1, -0.05) is 72.8 Å². The molecule has 0 radical (unpaired) electrons. The highest BCUT2D eigenvalue weighted by molar-refractivity contribution is 7.92. The highest BCUT2D eigenvalue weighted by atomic mass is 32.3. The third-order valence-corrected chi connectivity index (χ3v) is 41.7. The molecule has 16 heterocycles. The minimum atomic E-state index is -3.48. The maximum Gasteiger partial charge on any atom is 0.252 e. The SMILES string of the molecule is CC(C)(O)c1ccc(N2CCN(S(=O)(=O)c3cccs3)C[C@@H]2CN2C[C@@H]3CCO[C@@H]3C2)cc1.CC(C)(O)c1ccc(N2CCN(S(=O)(=O)c3cccs3)C[C@@H]2CN2C[C@@H]3CCO[C@@H]3C2)cc1.CC(C)(O)c1ccc(N2CCN(S(=O)(=O)c3cccs3)C[C@@H]2CN2C[C@H]3CCO[C@H]3C2)cc1.CC(C)(O)c1ccc(N2CCN(S(=O)(=O)c3cccs3)C[C@@H]2CN2C[C@H]3CCO[C@H]3C2)cc1. The minimum absolute atomic E-state index is 0.0419. The van der Waals surface area contributed by atoms with E-state index in [1.807, 2.05) is 119 Å². The van der Waals surface area contributed by atoms with Gasteiger partial charge in [0.15, 0.2) is 0 Å². The lowest BCUT2D eigenvalue weighted by Crippen LogP contribution is -2.58. The number of fused-ring (bicyclic) bond motifs is 4. The topological polar surface area (TPSA) is 293 Å². The first kappa shape index (κ1) is 97.7. The molecule has 132 heavy (non-hydrogen) atoms. The van der Waals surface area contributed by atoms with Gasteiger partial charge in [0, 0.05) is 230 Å². The van der Waals surface area contributed by atoms with E-state index < -0.39 is 62.5 Å². The first-order chi connectivity index (χ1) is 62.9. The molecule has 12 aliphatic rings. The van der Waals surface area contributed by atoms with Crippen LogP contribution in [0.1, 0.15) is 103 Å². The quantitative estimate of drug-likeness (QED) is 0.0437. The smallest absolute Gasteiger partial charge is 0.252 e. The average Bonchev–Trinajstić information content (AvgIpc) is 1.12. The molecule has 0 saturated carbocycles. The third-order valence-electron chi connectivity index (χ3n) is 28.7. The van der Waals surface area contributed by atoms with E-state index in [1.165, 1.54) is 45.3 Å². The van der Waals surface area contributed by atoms with Crippen molar-refractivity contribution in [3.8, 4) is 0 Å². The molecular weight excluding hydrogens is 1830 g/mol. The van der Waals surface area contributed by atoms with Crippen LogP contribution in [0.2, 0.25) is 0 Å². The van der Waals surface area contributed by atoms with Gasteiger partial charge in [0.05, 0.1) is 71.0 Å². The molecule has 4 aromatic carbocycles. The lowest BCUT2D eigenvalue weighted by atomic mass is 9.98. The van der Waals surface area contributed by atoms with E-state index in [1.54, 1.807) is 121 Å². The molecule has 12 fully saturated rings. The number of hydrogen-bond donors (Lipinski definition) is 4. The van der Waals surface area contributed by atoms with Crippen molar-refractivity contribution in [1.82, 2.24) is 36.8 Å². The summed E-state index contributed by atoms with van der Waals surface area (Å²) in [5, 5.41) is 48.5. The molecule has 12 saturated heterocycles. The van der Waals surface area contributed by atoms with Crippen molar-refractivity contribution in [2.45, 2.75) is 169 Å². The Hall–Kier alpha value is -5.96. The van der Waals surface area contributed by atoms with Gasteiger partial charge in [0.25, 0.3) is 40.1 Å². The van der Waals surface area contributed by atoms with E-state index in [4.69, 9.17) is 18.9 Å². The summed E-state index contributed by atoms with van der Waals surface area (Å²) in [6.45, 7) is 34.9. The van der Waals surface area contributed by atoms with E-state index in [-0.39, 0.29) is 24.2 Å². The molecular formula is C96H132N12O16S8. The van der Waals surface area contributed by atoms with E-state index in [9.17, 15) is 54.1 Å². The van der Waals surface area contributed by atoms with Crippen molar-refractivity contribution < 1.29 is 73.0 Å². The van der Waals surface area contributed by atoms with Crippen molar-refractivity contribution in [3.05, 3.63) is 189 Å². The van der Waals surface area contributed by atoms with Gasteiger partial charge in [-0.25, -0.2) is 33.7 Å². The van der Waals surface area contributed by atoms with E-state index in [0.717, 1.165) is 176 Å². The Morgan fingerprint density at radius 2 is 0.477 bits per heavy atom. The largest absolute Gasteiger partial charge is 0.386 e. The zero-order chi connectivity index (χ0) is 92.9. The zero-order valence-electron chi connectivity index (χ0n) is 77.0. The van der Waals surface area contributed by atoms with Crippen molar-refractivity contribution in [2.24, 2.45) is 23.7 Å². The van der Waals surface area contributed by atoms with Crippen LogP contribution in [0.4, 0.5) is 22.7 Å². The maximum absolute atomic E-state index is 13.2. The van der Waals surface area contributed by atoms with Gasteiger partial charge in [-0.2, -0.15) is 17.2 Å². The number of ether oxygens (including phenoxy) is 4. The number of thiophene rings is 4. The molecule has 4 aromatic heterocycles. The molecule has 0 spiro atoms. The maximum atomic E-state index is 13.2. The molecule has 0 aliphatic carbocycles. The number of rotatable bonds is 24. The summed E-state index contributed by atoms with van der Waals surface area (Å²) in [7, 11) is -13.9. The zero-order valence-corrected chi connectivity index (χ0v) is 83.6. The number of aliphatic hydroxyl groups is 4. The summed E-state index contributed by atoms with van der Waals surface area (Å²) in [5.41, 5.74) is 4.17. The van der Waals surface area contributed by atoms with Crippen LogP contribution in [0.15, 0.2) is 184 Å². The van der Waals surface area contributed by atoms with Crippen LogP contribution in [0.3, 0.4) is 0 Å². The Morgan fingerprint density at radius 3 is 0.644 bits per heavy atom. The molecule has 4 N–H and O–H groups in total. The normalized spacial score (nSPS) is 27.2. The number of piperazine rings is 4. The van der Waals surface area contributed by atoms with Gasteiger partial charge < -0.3 is 59.0 Å². The van der Waals surface area contributed by atoms with Gasteiger partial charge in [-0.3, -0.25) is 19.6 Å². The Morgan fingerprint density at radius 1 is 0.280 bits per heavy atom. The lowest BCUT2D eigenvalue weighted by molar-refractivity contribution is 0.0780. The number of sulfonamides is 4. The second kappa shape index (κ2) is 40.5. The van der Waals surface area contributed by atoms with E-state index >= 15 is 0 Å². The molecule has 12 atom stereocenters. The number of benzene rings is 4. The predicted molar refractivity (Wildman–Crippen MR) is 521 cm³/mol. The van der Waals surface area contributed by atoms with Crippen LogP contribution >= 0.6 is 45.3 Å². The van der Waals surface area contributed by atoms with Crippen molar-refractivity contribution in [3.63, 3.8) is 0 Å². The molecule has 8 aromatic rings. The highest BCUT2D eigenvalue weighted by Crippen LogP contribution is 2.41. The van der Waals surface area contributed by atoms with Crippen LogP contribution < -0.4 is 19.6 Å². The average molecular weight is 1970 g/mol. The predicted octanol–water partition coefficient (Wildman–Crippen LogP) is 10.3. The lowest BCUT2D eigenvalue weighted by Gasteiger charge is -2.43. The summed E-state index contributed by atoms with van der Waals surface area (Å²) >= 11 is 5.10. The highest BCUT2D eigenvalue weighted by Gasteiger charge is 2.48. The summed E-state index contributed by atoms with van der Waals surface area (Å²) in [6.07, 6.45) is 5.75. The fraction of sp³-hybridized carbons (Fsp3) is 0.583. The van der Waals surface area contributed by atoms with Crippen LogP contribution in [0.25, 0.3) is 0 Å². The molecule has 12 aliphatic heterocycles. The Bertz CT molecular complexity index is 4840. The summed E-state index contributed by atoms with van der Waals surface area (Å²) < 4.78 is 138. The van der Waals surface area contributed by atoms with Crippen LogP contribution in [0.5, 0.6) is 0 Å².